The molecule has 21 heavy (non-hydrogen) atoms. The zero-order chi connectivity index (χ0) is 16.0. The number of rotatable bonds is 8. The molecule has 5 heteroatoms. The molecule has 1 unspecified atom stereocenters. The van der Waals surface area contributed by atoms with Crippen LogP contribution in [0.5, 0.6) is 0 Å². The molecule has 0 aromatic carbocycles. The summed E-state index contributed by atoms with van der Waals surface area (Å²) in [7, 11) is 0. The molecule has 5 nitrogen and oxygen atoms in total. The average Bonchev–Trinajstić information content (AvgIpc) is 2.84. The summed E-state index contributed by atoms with van der Waals surface area (Å²) in [5, 5.41) is 0. The van der Waals surface area contributed by atoms with Gasteiger partial charge in [-0.05, 0) is 20.3 Å². The number of esters is 1. The Morgan fingerprint density at radius 2 is 2.10 bits per heavy atom. The van der Waals surface area contributed by atoms with Gasteiger partial charge in [-0.15, -0.1) is 0 Å². The van der Waals surface area contributed by atoms with Crippen LogP contribution in [0, 0.1) is 5.92 Å². The number of carbonyl (C=O) groups is 2. The fourth-order valence-corrected chi connectivity index (χ4v) is 2.30. The van der Waals surface area contributed by atoms with Crippen molar-refractivity contribution in [3.8, 4) is 0 Å². The predicted octanol–water partition coefficient (Wildman–Crippen LogP) is 2.51. The summed E-state index contributed by atoms with van der Waals surface area (Å²) in [6.07, 6.45) is 2.09. The zero-order valence-corrected chi connectivity index (χ0v) is 13.6. The molecule has 1 amide bonds. The van der Waals surface area contributed by atoms with E-state index in [0.717, 1.165) is 13.0 Å². The predicted molar refractivity (Wildman–Crippen MR) is 80.5 cm³/mol. The van der Waals surface area contributed by atoms with E-state index in [1.807, 2.05) is 25.7 Å². The van der Waals surface area contributed by atoms with E-state index in [4.69, 9.17) is 9.47 Å². The van der Waals surface area contributed by atoms with Gasteiger partial charge in [0.05, 0.1) is 13.2 Å². The molecule has 1 aliphatic heterocycles. The monoisotopic (exact) mass is 297 g/mol. The highest BCUT2D eigenvalue weighted by atomic mass is 16.5. The first-order valence-corrected chi connectivity index (χ1v) is 7.56. The largest absolute Gasteiger partial charge is 0.462 e. The Kier molecular flexibility index (Phi) is 6.40. The maximum absolute atomic E-state index is 11.9. The SMILES string of the molecule is C=C(C)C(=O)OCCCOC(C)(C(C)C)N1CCCC1=O. The number of ether oxygens (including phenoxy) is 2. The normalized spacial score (nSPS) is 18.0. The lowest BCUT2D eigenvalue weighted by Gasteiger charge is -2.42. The van der Waals surface area contributed by atoms with Crippen LogP contribution in [0.25, 0.3) is 0 Å². The number of hydrogen-bond acceptors (Lipinski definition) is 4. The number of hydrogen-bond donors (Lipinski definition) is 0. The molecule has 1 saturated heterocycles. The first kappa shape index (κ1) is 17.7. The molecular weight excluding hydrogens is 270 g/mol. The van der Waals surface area contributed by atoms with Gasteiger partial charge in [0, 0.05) is 30.9 Å². The van der Waals surface area contributed by atoms with Crippen molar-refractivity contribution in [3.63, 3.8) is 0 Å². The highest BCUT2D eigenvalue weighted by molar-refractivity contribution is 5.86. The van der Waals surface area contributed by atoms with Gasteiger partial charge in [0.1, 0.15) is 5.72 Å². The van der Waals surface area contributed by atoms with Gasteiger partial charge in [0.2, 0.25) is 5.91 Å². The summed E-state index contributed by atoms with van der Waals surface area (Å²) < 4.78 is 11.0. The zero-order valence-electron chi connectivity index (χ0n) is 13.6. The van der Waals surface area contributed by atoms with E-state index in [2.05, 4.69) is 6.58 Å². The second kappa shape index (κ2) is 7.59. The Labute approximate surface area is 127 Å². The van der Waals surface area contributed by atoms with Crippen molar-refractivity contribution >= 4 is 11.9 Å². The van der Waals surface area contributed by atoms with Crippen LogP contribution in [0.1, 0.15) is 47.0 Å². The minimum atomic E-state index is -0.591. The van der Waals surface area contributed by atoms with E-state index in [1.165, 1.54) is 0 Å². The Bertz CT molecular complexity index is 405. The van der Waals surface area contributed by atoms with Gasteiger partial charge in [-0.1, -0.05) is 20.4 Å². The lowest BCUT2D eigenvalue weighted by molar-refractivity contribution is -0.181. The van der Waals surface area contributed by atoms with Gasteiger partial charge >= 0.3 is 5.97 Å². The third-order valence-corrected chi connectivity index (χ3v) is 3.95. The molecule has 0 saturated carbocycles. The first-order chi connectivity index (χ1) is 9.79. The van der Waals surface area contributed by atoms with Gasteiger partial charge in [0.25, 0.3) is 0 Å². The molecular formula is C16H27NO4. The van der Waals surface area contributed by atoms with E-state index in [-0.39, 0.29) is 17.8 Å². The van der Waals surface area contributed by atoms with Crippen LogP contribution >= 0.6 is 0 Å². The molecule has 1 rings (SSSR count). The van der Waals surface area contributed by atoms with Crippen LogP contribution in [-0.2, 0) is 19.1 Å². The molecule has 1 fully saturated rings. The molecule has 0 aromatic rings. The Hall–Kier alpha value is -1.36. The highest BCUT2D eigenvalue weighted by Crippen LogP contribution is 2.30. The molecule has 0 aromatic heterocycles. The maximum Gasteiger partial charge on any atom is 0.333 e. The van der Waals surface area contributed by atoms with Gasteiger partial charge in [-0.2, -0.15) is 0 Å². The molecule has 0 bridgehead atoms. The molecule has 0 aliphatic carbocycles. The van der Waals surface area contributed by atoms with E-state index < -0.39 is 5.72 Å². The standard InChI is InChI=1S/C16H27NO4/c1-12(2)15(19)20-10-7-11-21-16(5,13(3)4)17-9-6-8-14(17)18/h13H,1,6-11H2,2-5H3. The van der Waals surface area contributed by atoms with Crippen molar-refractivity contribution in [2.75, 3.05) is 19.8 Å². The third-order valence-electron chi connectivity index (χ3n) is 3.95. The first-order valence-electron chi connectivity index (χ1n) is 7.56. The lowest BCUT2D eigenvalue weighted by atomic mass is 9.99. The van der Waals surface area contributed by atoms with Gasteiger partial charge < -0.3 is 14.4 Å². The van der Waals surface area contributed by atoms with Gasteiger partial charge in [-0.25, -0.2) is 4.79 Å². The van der Waals surface area contributed by atoms with E-state index in [1.54, 1.807) is 6.92 Å². The molecule has 1 atom stereocenters. The van der Waals surface area contributed by atoms with Crippen molar-refractivity contribution in [2.45, 2.75) is 52.7 Å². The van der Waals surface area contributed by atoms with Crippen LogP contribution in [0.4, 0.5) is 0 Å². The van der Waals surface area contributed by atoms with Crippen LogP contribution in [0.3, 0.4) is 0 Å². The molecule has 1 heterocycles. The van der Waals surface area contributed by atoms with Crippen LogP contribution in [-0.4, -0.2) is 42.3 Å². The fourth-order valence-electron chi connectivity index (χ4n) is 2.30. The summed E-state index contributed by atoms with van der Waals surface area (Å²) in [5.74, 6) is -0.0335. The maximum atomic E-state index is 11.9. The van der Waals surface area contributed by atoms with Crippen molar-refractivity contribution < 1.29 is 19.1 Å². The van der Waals surface area contributed by atoms with E-state index >= 15 is 0 Å². The van der Waals surface area contributed by atoms with Gasteiger partial charge in [0.15, 0.2) is 0 Å². The van der Waals surface area contributed by atoms with Crippen molar-refractivity contribution in [1.82, 2.24) is 4.90 Å². The van der Waals surface area contributed by atoms with Crippen LogP contribution in [0.15, 0.2) is 12.2 Å². The van der Waals surface area contributed by atoms with Crippen molar-refractivity contribution in [2.24, 2.45) is 5.92 Å². The topological polar surface area (TPSA) is 55.8 Å². The van der Waals surface area contributed by atoms with Crippen molar-refractivity contribution in [1.29, 1.82) is 0 Å². The summed E-state index contributed by atoms with van der Waals surface area (Å²) in [5.41, 5.74) is -0.197. The molecule has 0 N–H and O–H groups in total. The van der Waals surface area contributed by atoms with Crippen LogP contribution in [0.2, 0.25) is 0 Å². The smallest absolute Gasteiger partial charge is 0.333 e. The minimum Gasteiger partial charge on any atom is -0.462 e. The van der Waals surface area contributed by atoms with Gasteiger partial charge in [-0.3, -0.25) is 4.79 Å². The molecule has 120 valence electrons. The minimum absolute atomic E-state index is 0.153. The number of nitrogens with zero attached hydrogens (tertiary/aromatic N) is 1. The molecule has 0 radical (unpaired) electrons. The molecule has 1 aliphatic rings. The second-order valence-corrected chi connectivity index (χ2v) is 5.98. The van der Waals surface area contributed by atoms with Crippen molar-refractivity contribution in [3.05, 3.63) is 12.2 Å². The fraction of sp³-hybridized carbons (Fsp3) is 0.750. The Morgan fingerprint density at radius 3 is 2.57 bits per heavy atom. The third kappa shape index (κ3) is 4.56. The highest BCUT2D eigenvalue weighted by Gasteiger charge is 2.41. The number of amides is 1. The summed E-state index contributed by atoms with van der Waals surface area (Å²) in [4.78, 5) is 25.0. The second-order valence-electron chi connectivity index (χ2n) is 5.98. The Morgan fingerprint density at radius 1 is 1.43 bits per heavy atom. The number of likely N-dealkylation sites (tertiary alicyclic amines) is 1. The van der Waals surface area contributed by atoms with Crippen LogP contribution < -0.4 is 0 Å². The van der Waals surface area contributed by atoms with E-state index in [0.29, 0.717) is 31.6 Å². The van der Waals surface area contributed by atoms with E-state index in [9.17, 15) is 9.59 Å². The quantitative estimate of drug-likeness (QED) is 0.392. The Balaban J connectivity index is 2.43. The number of carbonyl (C=O) groups excluding carboxylic acids is 2. The summed E-state index contributed by atoms with van der Waals surface area (Å²) in [6.45, 7) is 12.7. The lowest BCUT2D eigenvalue weighted by Crippen LogP contribution is -2.53. The molecule has 0 spiro atoms. The summed E-state index contributed by atoms with van der Waals surface area (Å²) in [6, 6.07) is 0. The average molecular weight is 297 g/mol. The summed E-state index contributed by atoms with van der Waals surface area (Å²) >= 11 is 0.